The molecule has 1 saturated carbocycles. The summed E-state index contributed by atoms with van der Waals surface area (Å²) in [7, 11) is 3.49. The maximum Gasteiger partial charge on any atom is 0.0575 e. The van der Waals surface area contributed by atoms with Gasteiger partial charge in [-0.1, -0.05) is 13.8 Å². The van der Waals surface area contributed by atoms with Crippen LogP contribution in [0.15, 0.2) is 0 Å². The van der Waals surface area contributed by atoms with Crippen LogP contribution in [-0.2, 0) is 14.2 Å². The first-order chi connectivity index (χ1) is 7.64. The van der Waals surface area contributed by atoms with Crippen LogP contribution in [0, 0.1) is 11.3 Å². The van der Waals surface area contributed by atoms with Crippen LogP contribution in [-0.4, -0.2) is 40.1 Å². The average molecular weight is 230 g/mol. The van der Waals surface area contributed by atoms with Crippen LogP contribution in [0.4, 0.5) is 0 Å². The van der Waals surface area contributed by atoms with Gasteiger partial charge in [0.1, 0.15) is 0 Å². The van der Waals surface area contributed by atoms with Gasteiger partial charge in [0, 0.05) is 19.6 Å². The van der Waals surface area contributed by atoms with Crippen LogP contribution in [0.5, 0.6) is 0 Å². The Hall–Kier alpha value is -0.120. The molecule has 0 radical (unpaired) electrons. The largest absolute Gasteiger partial charge is 0.384 e. The van der Waals surface area contributed by atoms with Gasteiger partial charge in [-0.3, -0.25) is 0 Å². The minimum Gasteiger partial charge on any atom is -0.384 e. The van der Waals surface area contributed by atoms with E-state index < -0.39 is 0 Å². The SMILES string of the molecule is COCC(COC)(COC1CCC1)C(C)C. The zero-order chi connectivity index (χ0) is 12.0. The van der Waals surface area contributed by atoms with Crippen LogP contribution in [0.3, 0.4) is 0 Å². The lowest BCUT2D eigenvalue weighted by Gasteiger charge is -2.38. The molecule has 0 aromatic carbocycles. The summed E-state index contributed by atoms with van der Waals surface area (Å²) in [6.07, 6.45) is 4.22. The van der Waals surface area contributed by atoms with Crippen molar-refractivity contribution in [1.82, 2.24) is 0 Å². The third kappa shape index (κ3) is 3.44. The summed E-state index contributed by atoms with van der Waals surface area (Å²) in [6, 6.07) is 0. The molecule has 0 unspecified atom stereocenters. The summed E-state index contributed by atoms with van der Waals surface area (Å²) < 4.78 is 16.6. The summed E-state index contributed by atoms with van der Waals surface area (Å²) in [4.78, 5) is 0. The number of ether oxygens (including phenoxy) is 3. The summed E-state index contributed by atoms with van der Waals surface area (Å²) in [5.41, 5.74) is -0.000903. The summed E-state index contributed by atoms with van der Waals surface area (Å²) in [5.74, 6) is 0.493. The van der Waals surface area contributed by atoms with Crippen molar-refractivity contribution in [3.05, 3.63) is 0 Å². The Balaban J connectivity index is 2.50. The predicted molar refractivity (Wildman–Crippen MR) is 64.6 cm³/mol. The van der Waals surface area contributed by atoms with Gasteiger partial charge in [0.25, 0.3) is 0 Å². The molecule has 0 aliphatic heterocycles. The van der Waals surface area contributed by atoms with Crippen molar-refractivity contribution in [2.45, 2.75) is 39.2 Å². The van der Waals surface area contributed by atoms with E-state index in [0.29, 0.717) is 25.2 Å². The highest BCUT2D eigenvalue weighted by Gasteiger charge is 2.36. The van der Waals surface area contributed by atoms with E-state index in [2.05, 4.69) is 13.8 Å². The molecule has 0 N–H and O–H groups in total. The molecule has 0 saturated heterocycles. The lowest BCUT2D eigenvalue weighted by atomic mass is 9.79. The first-order valence-corrected chi connectivity index (χ1v) is 6.24. The third-order valence-corrected chi connectivity index (χ3v) is 3.75. The van der Waals surface area contributed by atoms with Crippen molar-refractivity contribution in [2.24, 2.45) is 11.3 Å². The minimum absolute atomic E-state index is 0.000903. The highest BCUT2D eigenvalue weighted by atomic mass is 16.5. The Labute approximate surface area is 99.5 Å². The molecule has 0 amide bonds. The summed E-state index contributed by atoms with van der Waals surface area (Å²) in [6.45, 7) is 6.57. The molecule has 1 aliphatic rings. The van der Waals surface area contributed by atoms with E-state index in [1.54, 1.807) is 14.2 Å². The molecule has 0 spiro atoms. The maximum absolute atomic E-state index is 5.95. The van der Waals surface area contributed by atoms with Gasteiger partial charge in [-0.05, 0) is 25.2 Å². The second-order valence-electron chi connectivity index (χ2n) is 5.25. The van der Waals surface area contributed by atoms with Gasteiger partial charge >= 0.3 is 0 Å². The van der Waals surface area contributed by atoms with Gasteiger partial charge in [-0.25, -0.2) is 0 Å². The molecule has 0 aromatic rings. The Morgan fingerprint density at radius 2 is 1.62 bits per heavy atom. The van der Waals surface area contributed by atoms with Crippen LogP contribution in [0.2, 0.25) is 0 Å². The number of hydrogen-bond donors (Lipinski definition) is 0. The van der Waals surface area contributed by atoms with E-state index in [-0.39, 0.29) is 5.41 Å². The van der Waals surface area contributed by atoms with Crippen molar-refractivity contribution in [3.63, 3.8) is 0 Å². The molecule has 0 bridgehead atoms. The number of hydrogen-bond acceptors (Lipinski definition) is 3. The molecule has 3 heteroatoms. The quantitative estimate of drug-likeness (QED) is 0.641. The van der Waals surface area contributed by atoms with Crippen LogP contribution >= 0.6 is 0 Å². The zero-order valence-corrected chi connectivity index (χ0v) is 11.1. The molecule has 0 aromatic heterocycles. The highest BCUT2D eigenvalue weighted by Crippen LogP contribution is 2.32. The van der Waals surface area contributed by atoms with E-state index in [4.69, 9.17) is 14.2 Å². The Bertz CT molecular complexity index is 182. The van der Waals surface area contributed by atoms with Crippen molar-refractivity contribution in [2.75, 3.05) is 34.0 Å². The predicted octanol–water partition coefficient (Wildman–Crippen LogP) is 2.49. The number of rotatable bonds is 8. The van der Waals surface area contributed by atoms with Crippen LogP contribution in [0.1, 0.15) is 33.1 Å². The fourth-order valence-corrected chi connectivity index (χ4v) is 2.02. The Morgan fingerprint density at radius 1 is 1.06 bits per heavy atom. The van der Waals surface area contributed by atoms with E-state index >= 15 is 0 Å². The molecular weight excluding hydrogens is 204 g/mol. The van der Waals surface area contributed by atoms with E-state index in [9.17, 15) is 0 Å². The second-order valence-corrected chi connectivity index (χ2v) is 5.25. The Kier molecular flexibility index (Phi) is 5.73. The molecule has 0 heterocycles. The fraction of sp³-hybridized carbons (Fsp3) is 1.00. The van der Waals surface area contributed by atoms with Gasteiger partial charge in [0.15, 0.2) is 0 Å². The van der Waals surface area contributed by atoms with Gasteiger partial charge in [-0.2, -0.15) is 0 Å². The average Bonchev–Trinajstić information content (AvgIpc) is 2.15. The normalized spacial score (nSPS) is 17.8. The van der Waals surface area contributed by atoms with Gasteiger partial charge in [0.05, 0.1) is 25.9 Å². The van der Waals surface area contributed by atoms with E-state index in [0.717, 1.165) is 6.61 Å². The van der Waals surface area contributed by atoms with E-state index in [1.165, 1.54) is 19.3 Å². The molecule has 96 valence electrons. The minimum atomic E-state index is -0.000903. The lowest BCUT2D eigenvalue weighted by Crippen LogP contribution is -2.43. The van der Waals surface area contributed by atoms with Gasteiger partial charge in [0.2, 0.25) is 0 Å². The fourth-order valence-electron chi connectivity index (χ4n) is 2.02. The summed E-state index contributed by atoms with van der Waals surface area (Å²) >= 11 is 0. The number of methoxy groups -OCH3 is 2. The topological polar surface area (TPSA) is 27.7 Å². The highest BCUT2D eigenvalue weighted by molar-refractivity contribution is 4.83. The molecule has 1 rings (SSSR count). The van der Waals surface area contributed by atoms with Gasteiger partial charge in [-0.15, -0.1) is 0 Å². The Morgan fingerprint density at radius 3 is 1.94 bits per heavy atom. The standard InChI is InChI=1S/C13H26O3/c1-11(2)13(8-14-3,9-15-4)10-16-12-6-5-7-12/h11-12H,5-10H2,1-4H3. The smallest absolute Gasteiger partial charge is 0.0575 e. The van der Waals surface area contributed by atoms with E-state index in [1.807, 2.05) is 0 Å². The second kappa shape index (κ2) is 6.58. The van der Waals surface area contributed by atoms with Crippen molar-refractivity contribution in [3.8, 4) is 0 Å². The molecular formula is C13H26O3. The van der Waals surface area contributed by atoms with Crippen LogP contribution < -0.4 is 0 Å². The molecule has 1 fully saturated rings. The lowest BCUT2D eigenvalue weighted by molar-refractivity contribution is -0.109. The van der Waals surface area contributed by atoms with Crippen molar-refractivity contribution < 1.29 is 14.2 Å². The maximum atomic E-state index is 5.95. The monoisotopic (exact) mass is 230 g/mol. The molecule has 3 nitrogen and oxygen atoms in total. The zero-order valence-electron chi connectivity index (χ0n) is 11.1. The third-order valence-electron chi connectivity index (χ3n) is 3.75. The molecule has 0 atom stereocenters. The van der Waals surface area contributed by atoms with Crippen molar-refractivity contribution in [1.29, 1.82) is 0 Å². The first kappa shape index (κ1) is 13.9. The van der Waals surface area contributed by atoms with Gasteiger partial charge < -0.3 is 14.2 Å². The molecule has 16 heavy (non-hydrogen) atoms. The molecule has 1 aliphatic carbocycles. The first-order valence-electron chi connectivity index (χ1n) is 6.24. The van der Waals surface area contributed by atoms with Crippen molar-refractivity contribution >= 4 is 0 Å². The summed E-state index contributed by atoms with van der Waals surface area (Å²) in [5, 5.41) is 0. The van der Waals surface area contributed by atoms with Crippen LogP contribution in [0.25, 0.3) is 0 Å².